The second kappa shape index (κ2) is 4.82. The number of nitrogens with zero attached hydrogens (tertiary/aromatic N) is 1. The first-order valence-electron chi connectivity index (χ1n) is 5.77. The van der Waals surface area contributed by atoms with E-state index in [4.69, 9.17) is 11.6 Å². The maximum Gasteiger partial charge on any atom is 0.323 e. The van der Waals surface area contributed by atoms with Gasteiger partial charge in [-0.1, -0.05) is 11.6 Å². The van der Waals surface area contributed by atoms with Crippen molar-refractivity contribution in [2.45, 2.75) is 0 Å². The summed E-state index contributed by atoms with van der Waals surface area (Å²) in [5, 5.41) is 2.84. The van der Waals surface area contributed by atoms with Crippen molar-refractivity contribution in [3.63, 3.8) is 0 Å². The number of imidazole rings is 1. The number of amides is 1. The Morgan fingerprint density at radius 3 is 2.80 bits per heavy atom. The van der Waals surface area contributed by atoms with E-state index >= 15 is 0 Å². The van der Waals surface area contributed by atoms with Crippen molar-refractivity contribution in [3.8, 4) is 0 Å². The Labute approximate surface area is 117 Å². The highest BCUT2D eigenvalue weighted by molar-refractivity contribution is 6.33. The van der Waals surface area contributed by atoms with E-state index in [0.717, 1.165) is 0 Å². The van der Waals surface area contributed by atoms with Gasteiger partial charge in [0.1, 0.15) is 5.15 Å². The molecule has 1 amide bonds. The number of benzene rings is 1. The lowest BCUT2D eigenvalue weighted by Gasteiger charge is -2.06. The molecule has 20 heavy (non-hydrogen) atoms. The van der Waals surface area contributed by atoms with Crippen LogP contribution < -0.4 is 11.0 Å². The SMILES string of the molecule is O=C(Nc1ccc2[nH]c(=O)[nH]c2c1)c1cccnc1Cl. The highest BCUT2D eigenvalue weighted by atomic mass is 35.5. The summed E-state index contributed by atoms with van der Waals surface area (Å²) in [4.78, 5) is 32.3. The lowest BCUT2D eigenvalue weighted by atomic mass is 10.2. The van der Waals surface area contributed by atoms with Gasteiger partial charge in [-0.15, -0.1) is 0 Å². The first kappa shape index (κ1) is 12.4. The Balaban J connectivity index is 1.91. The molecule has 0 aliphatic heterocycles. The van der Waals surface area contributed by atoms with Gasteiger partial charge in [0.2, 0.25) is 0 Å². The topological polar surface area (TPSA) is 90.6 Å². The Hall–Kier alpha value is -2.60. The van der Waals surface area contributed by atoms with Gasteiger partial charge in [0.25, 0.3) is 5.91 Å². The Morgan fingerprint density at radius 1 is 1.20 bits per heavy atom. The Bertz CT molecular complexity index is 853. The number of aromatic amines is 2. The number of carbonyl (C=O) groups is 1. The van der Waals surface area contributed by atoms with Gasteiger partial charge in [-0.3, -0.25) is 4.79 Å². The molecule has 0 aliphatic carbocycles. The number of pyridine rings is 1. The first-order chi connectivity index (χ1) is 9.63. The minimum Gasteiger partial charge on any atom is -0.322 e. The fraction of sp³-hybridized carbons (Fsp3) is 0. The molecule has 0 saturated carbocycles. The predicted octanol–water partition coefficient (Wildman–Crippen LogP) is 2.16. The highest BCUT2D eigenvalue weighted by Crippen LogP contribution is 2.17. The van der Waals surface area contributed by atoms with Gasteiger partial charge >= 0.3 is 5.69 Å². The molecule has 0 unspecified atom stereocenters. The average Bonchev–Trinajstić information content (AvgIpc) is 2.78. The lowest BCUT2D eigenvalue weighted by molar-refractivity contribution is 0.102. The van der Waals surface area contributed by atoms with Crippen molar-refractivity contribution < 1.29 is 4.79 Å². The number of fused-ring (bicyclic) bond motifs is 1. The molecule has 0 saturated heterocycles. The van der Waals surface area contributed by atoms with Crippen LogP contribution in [0, 0.1) is 0 Å². The van der Waals surface area contributed by atoms with Crippen LogP contribution in [-0.2, 0) is 0 Å². The minimum atomic E-state index is -0.361. The van der Waals surface area contributed by atoms with Crippen LogP contribution in [0.2, 0.25) is 5.15 Å². The molecule has 1 aromatic carbocycles. The molecule has 0 atom stereocenters. The van der Waals surface area contributed by atoms with Crippen LogP contribution in [0.25, 0.3) is 11.0 Å². The molecule has 2 aromatic heterocycles. The van der Waals surface area contributed by atoms with Gasteiger partial charge in [-0.05, 0) is 30.3 Å². The molecule has 3 rings (SSSR count). The molecular weight excluding hydrogens is 280 g/mol. The van der Waals surface area contributed by atoms with Crippen LogP contribution in [0.15, 0.2) is 41.3 Å². The van der Waals surface area contributed by atoms with Crippen molar-refractivity contribution >= 4 is 34.2 Å². The molecule has 6 nitrogen and oxygen atoms in total. The fourth-order valence-electron chi connectivity index (χ4n) is 1.86. The molecular formula is C13H9ClN4O2. The zero-order chi connectivity index (χ0) is 14.1. The summed E-state index contributed by atoms with van der Waals surface area (Å²) in [7, 11) is 0. The van der Waals surface area contributed by atoms with E-state index in [1.165, 1.54) is 6.20 Å². The van der Waals surface area contributed by atoms with Gasteiger partial charge in [0, 0.05) is 11.9 Å². The van der Waals surface area contributed by atoms with Crippen LogP contribution in [0.5, 0.6) is 0 Å². The maximum atomic E-state index is 12.1. The zero-order valence-corrected chi connectivity index (χ0v) is 10.9. The van der Waals surface area contributed by atoms with Crippen molar-refractivity contribution in [3.05, 3.63) is 57.7 Å². The molecule has 0 spiro atoms. The number of carbonyl (C=O) groups excluding carboxylic acids is 1. The molecule has 0 fully saturated rings. The average molecular weight is 289 g/mol. The second-order valence-electron chi connectivity index (χ2n) is 4.14. The van der Waals surface area contributed by atoms with Crippen LogP contribution in [0.4, 0.5) is 5.69 Å². The number of hydrogen-bond acceptors (Lipinski definition) is 3. The largest absolute Gasteiger partial charge is 0.323 e. The predicted molar refractivity (Wildman–Crippen MR) is 76.1 cm³/mol. The number of nitrogens with one attached hydrogen (secondary N) is 3. The summed E-state index contributed by atoms with van der Waals surface area (Å²) >= 11 is 5.86. The highest BCUT2D eigenvalue weighted by Gasteiger charge is 2.11. The number of halogens is 1. The van der Waals surface area contributed by atoms with Gasteiger partial charge in [0.15, 0.2) is 0 Å². The molecule has 0 aliphatic rings. The molecule has 3 aromatic rings. The lowest BCUT2D eigenvalue weighted by Crippen LogP contribution is -2.12. The smallest absolute Gasteiger partial charge is 0.322 e. The number of aromatic nitrogens is 3. The summed E-state index contributed by atoms with van der Waals surface area (Å²) in [6.07, 6.45) is 1.51. The van der Waals surface area contributed by atoms with E-state index in [9.17, 15) is 9.59 Å². The van der Waals surface area contributed by atoms with E-state index in [2.05, 4.69) is 20.3 Å². The number of hydrogen-bond donors (Lipinski definition) is 3. The van der Waals surface area contributed by atoms with E-state index in [0.29, 0.717) is 16.7 Å². The Morgan fingerprint density at radius 2 is 2.00 bits per heavy atom. The van der Waals surface area contributed by atoms with Gasteiger partial charge < -0.3 is 15.3 Å². The van der Waals surface area contributed by atoms with Crippen molar-refractivity contribution in [2.24, 2.45) is 0 Å². The minimum absolute atomic E-state index is 0.140. The van der Waals surface area contributed by atoms with Crippen LogP contribution in [0.3, 0.4) is 0 Å². The molecule has 2 heterocycles. The third kappa shape index (κ3) is 2.28. The van der Waals surface area contributed by atoms with Crippen molar-refractivity contribution in [1.82, 2.24) is 15.0 Å². The van der Waals surface area contributed by atoms with Crippen LogP contribution in [-0.4, -0.2) is 20.9 Å². The third-order valence-electron chi connectivity index (χ3n) is 2.78. The summed E-state index contributed by atoms with van der Waals surface area (Å²) in [5.41, 5.74) is 1.84. The first-order valence-corrected chi connectivity index (χ1v) is 6.15. The molecule has 100 valence electrons. The van der Waals surface area contributed by atoms with E-state index in [1.807, 2.05) is 0 Å². The molecule has 7 heteroatoms. The van der Waals surface area contributed by atoms with Crippen LogP contribution >= 0.6 is 11.6 Å². The zero-order valence-electron chi connectivity index (χ0n) is 10.1. The standard InChI is InChI=1S/C13H9ClN4O2/c14-11-8(2-1-5-15-11)12(19)16-7-3-4-9-10(6-7)18-13(20)17-9/h1-6H,(H,16,19)(H2,17,18,20). The van der Waals surface area contributed by atoms with Gasteiger partial charge in [-0.2, -0.15) is 0 Å². The Kier molecular flexibility index (Phi) is 3.00. The van der Waals surface area contributed by atoms with E-state index in [1.54, 1.807) is 30.3 Å². The summed E-state index contributed by atoms with van der Waals surface area (Å²) in [5.74, 6) is -0.361. The third-order valence-corrected chi connectivity index (χ3v) is 3.08. The van der Waals surface area contributed by atoms with Gasteiger partial charge in [0.05, 0.1) is 16.6 Å². The van der Waals surface area contributed by atoms with Crippen molar-refractivity contribution in [2.75, 3.05) is 5.32 Å². The monoisotopic (exact) mass is 288 g/mol. The van der Waals surface area contributed by atoms with Crippen molar-refractivity contribution in [1.29, 1.82) is 0 Å². The number of H-pyrrole nitrogens is 2. The van der Waals surface area contributed by atoms with Crippen LogP contribution in [0.1, 0.15) is 10.4 Å². The van der Waals surface area contributed by atoms with E-state index in [-0.39, 0.29) is 22.3 Å². The van der Waals surface area contributed by atoms with E-state index < -0.39 is 0 Å². The number of rotatable bonds is 2. The second-order valence-corrected chi connectivity index (χ2v) is 4.49. The summed E-state index contributed by atoms with van der Waals surface area (Å²) in [6, 6.07) is 8.27. The fourth-order valence-corrected chi connectivity index (χ4v) is 2.07. The number of anilines is 1. The maximum absolute atomic E-state index is 12.1. The summed E-state index contributed by atoms with van der Waals surface area (Å²) in [6.45, 7) is 0. The molecule has 3 N–H and O–H groups in total. The quantitative estimate of drug-likeness (QED) is 0.631. The van der Waals surface area contributed by atoms with Gasteiger partial charge in [-0.25, -0.2) is 9.78 Å². The summed E-state index contributed by atoms with van der Waals surface area (Å²) < 4.78 is 0. The molecule has 0 radical (unpaired) electrons. The normalized spacial score (nSPS) is 10.7. The molecule has 0 bridgehead atoms.